The minimum absolute atomic E-state index is 1.26. The van der Waals surface area contributed by atoms with Gasteiger partial charge in [-0.3, -0.25) is 0 Å². The topological polar surface area (TPSA) is 0 Å². The lowest BCUT2D eigenvalue weighted by Crippen LogP contribution is -1.93. The largest absolute Gasteiger partial charge is 0.0622 e. The van der Waals surface area contributed by atoms with Gasteiger partial charge in [0.2, 0.25) is 0 Å². The van der Waals surface area contributed by atoms with Crippen LogP contribution >= 0.6 is 0 Å². The third-order valence-corrected chi connectivity index (χ3v) is 3.95. The van der Waals surface area contributed by atoms with Crippen LogP contribution in [0.1, 0.15) is 29.2 Å². The van der Waals surface area contributed by atoms with Gasteiger partial charge in [-0.25, -0.2) is 0 Å². The molecule has 0 aromatic heterocycles. The number of hydrogen-bond donors (Lipinski definition) is 0. The Kier molecular flexibility index (Phi) is 4.20. The quantitative estimate of drug-likeness (QED) is 0.519. The van der Waals surface area contributed by atoms with Crippen LogP contribution in [0.5, 0.6) is 0 Å². The first-order valence-electron chi connectivity index (χ1n) is 7.64. The summed E-state index contributed by atoms with van der Waals surface area (Å²) in [5.74, 6) is 0. The Balaban J connectivity index is 2.24. The van der Waals surface area contributed by atoms with Crippen LogP contribution in [-0.2, 0) is 0 Å². The molecule has 22 heavy (non-hydrogen) atoms. The lowest BCUT2D eigenvalue weighted by atomic mass is 9.90. The van der Waals surface area contributed by atoms with E-state index in [-0.39, 0.29) is 0 Å². The molecule has 0 radical (unpaired) electrons. The molecule has 0 atom stereocenters. The van der Waals surface area contributed by atoms with E-state index in [1.807, 2.05) is 0 Å². The number of rotatable bonds is 3. The predicted octanol–water partition coefficient (Wildman–Crippen LogP) is 5.97. The van der Waals surface area contributed by atoms with Crippen molar-refractivity contribution in [2.24, 2.45) is 0 Å². The van der Waals surface area contributed by atoms with Crippen LogP contribution in [0.25, 0.3) is 11.1 Å². The summed E-state index contributed by atoms with van der Waals surface area (Å²) in [5, 5.41) is 0. The fraction of sp³-hybridized carbons (Fsp3) is 0.0909. The maximum absolute atomic E-state index is 2.26. The van der Waals surface area contributed by atoms with Gasteiger partial charge < -0.3 is 0 Å². The zero-order valence-electron chi connectivity index (χ0n) is 13.1. The molecule has 0 N–H and O–H groups in total. The molecule has 0 bridgehead atoms. The van der Waals surface area contributed by atoms with Crippen molar-refractivity contribution in [1.82, 2.24) is 0 Å². The summed E-state index contributed by atoms with van der Waals surface area (Å²) >= 11 is 0. The van der Waals surface area contributed by atoms with Crippen LogP contribution in [0.4, 0.5) is 0 Å². The fourth-order valence-corrected chi connectivity index (χ4v) is 2.84. The molecule has 3 aromatic carbocycles. The first-order chi connectivity index (χ1) is 10.8. The summed E-state index contributed by atoms with van der Waals surface area (Å²) in [4.78, 5) is 0. The van der Waals surface area contributed by atoms with Gasteiger partial charge in [0.1, 0.15) is 0 Å². The minimum Gasteiger partial charge on any atom is -0.0622 e. The van der Waals surface area contributed by atoms with Crippen LogP contribution < -0.4 is 0 Å². The Hall–Kier alpha value is -2.60. The summed E-state index contributed by atoms with van der Waals surface area (Å²) in [5.41, 5.74) is 7.68. The Morgan fingerprint density at radius 2 is 1.14 bits per heavy atom. The van der Waals surface area contributed by atoms with Crippen LogP contribution in [-0.4, -0.2) is 0 Å². The van der Waals surface area contributed by atoms with Crippen molar-refractivity contribution < 1.29 is 0 Å². The number of aryl methyl sites for hydroxylation is 1. The highest BCUT2D eigenvalue weighted by molar-refractivity contribution is 5.97. The van der Waals surface area contributed by atoms with Gasteiger partial charge in [0.25, 0.3) is 0 Å². The minimum atomic E-state index is 1.26. The second-order valence-electron chi connectivity index (χ2n) is 5.60. The molecule has 0 nitrogen and oxygen atoms in total. The van der Waals surface area contributed by atoms with Gasteiger partial charge in [0, 0.05) is 0 Å². The summed E-state index contributed by atoms with van der Waals surface area (Å²) in [7, 11) is 0. The molecular formula is C22H20. The molecular weight excluding hydrogens is 264 g/mol. The molecule has 0 aliphatic carbocycles. The van der Waals surface area contributed by atoms with E-state index in [0.717, 1.165) is 0 Å². The lowest BCUT2D eigenvalue weighted by molar-refractivity contribution is 1.43. The van der Waals surface area contributed by atoms with Gasteiger partial charge >= 0.3 is 0 Å². The molecule has 0 unspecified atom stereocenters. The maximum Gasteiger partial charge on any atom is -0.00761 e. The average Bonchev–Trinajstić information content (AvgIpc) is 2.57. The van der Waals surface area contributed by atoms with Gasteiger partial charge in [-0.15, -0.1) is 0 Å². The number of hydrogen-bond acceptors (Lipinski definition) is 0. The maximum atomic E-state index is 2.26. The van der Waals surface area contributed by atoms with Crippen LogP contribution in [0.15, 0.2) is 84.9 Å². The number of benzene rings is 3. The van der Waals surface area contributed by atoms with Gasteiger partial charge in [-0.2, -0.15) is 0 Å². The zero-order valence-corrected chi connectivity index (χ0v) is 13.1. The van der Waals surface area contributed by atoms with Crippen molar-refractivity contribution in [1.29, 1.82) is 0 Å². The van der Waals surface area contributed by atoms with E-state index in [9.17, 15) is 0 Å². The molecule has 0 aliphatic rings. The monoisotopic (exact) mass is 284 g/mol. The van der Waals surface area contributed by atoms with Crippen LogP contribution in [0.3, 0.4) is 0 Å². The molecule has 0 fully saturated rings. The summed E-state index contributed by atoms with van der Waals surface area (Å²) < 4.78 is 0. The Bertz CT molecular complexity index is 781. The highest BCUT2D eigenvalue weighted by Gasteiger charge is 2.10. The Labute approximate surface area is 132 Å². The van der Waals surface area contributed by atoms with Crippen molar-refractivity contribution in [3.8, 4) is 0 Å². The third-order valence-electron chi connectivity index (χ3n) is 3.95. The molecule has 0 spiro atoms. The highest BCUT2D eigenvalue weighted by Crippen LogP contribution is 2.32. The zero-order chi connectivity index (χ0) is 15.4. The van der Waals surface area contributed by atoms with Gasteiger partial charge in [-0.1, -0.05) is 90.5 Å². The highest BCUT2D eigenvalue weighted by atomic mass is 14.1. The Morgan fingerprint density at radius 3 is 1.73 bits per heavy atom. The summed E-state index contributed by atoms with van der Waals surface area (Å²) in [6.45, 7) is 4.35. The molecule has 0 aliphatic heterocycles. The van der Waals surface area contributed by atoms with Crippen molar-refractivity contribution >= 4 is 11.1 Å². The SMILES string of the molecule is C/C(=C(\c1ccccc1)c1cccc(C)c1)c1ccccc1. The van der Waals surface area contributed by atoms with Crippen molar-refractivity contribution in [3.63, 3.8) is 0 Å². The predicted molar refractivity (Wildman–Crippen MR) is 95.7 cm³/mol. The first-order valence-corrected chi connectivity index (χ1v) is 7.64. The van der Waals surface area contributed by atoms with E-state index >= 15 is 0 Å². The van der Waals surface area contributed by atoms with Crippen molar-refractivity contribution in [2.75, 3.05) is 0 Å². The molecule has 0 saturated heterocycles. The van der Waals surface area contributed by atoms with E-state index in [4.69, 9.17) is 0 Å². The summed E-state index contributed by atoms with van der Waals surface area (Å²) in [6, 6.07) is 30.0. The van der Waals surface area contributed by atoms with Gasteiger partial charge in [-0.05, 0) is 41.7 Å². The van der Waals surface area contributed by atoms with E-state index in [0.29, 0.717) is 0 Å². The average molecular weight is 284 g/mol. The normalized spacial score (nSPS) is 11.9. The van der Waals surface area contributed by atoms with E-state index < -0.39 is 0 Å². The molecule has 108 valence electrons. The lowest BCUT2D eigenvalue weighted by Gasteiger charge is -2.14. The first kappa shape index (κ1) is 14.3. The molecule has 0 heterocycles. The van der Waals surface area contributed by atoms with Crippen LogP contribution in [0, 0.1) is 6.92 Å². The van der Waals surface area contributed by atoms with Gasteiger partial charge in [0.15, 0.2) is 0 Å². The standard InChI is InChI=1S/C22H20/c1-17-10-9-15-21(16-17)22(20-13-7-4-8-14-20)18(2)19-11-5-3-6-12-19/h3-16H,1-2H3/b22-18-. The van der Waals surface area contributed by atoms with Crippen molar-refractivity contribution in [3.05, 3.63) is 107 Å². The third kappa shape index (κ3) is 3.01. The number of allylic oxidation sites excluding steroid dienone is 1. The second-order valence-corrected chi connectivity index (χ2v) is 5.60. The van der Waals surface area contributed by atoms with E-state index in [1.165, 1.54) is 33.4 Å². The fourth-order valence-electron chi connectivity index (χ4n) is 2.84. The van der Waals surface area contributed by atoms with Gasteiger partial charge in [0.05, 0.1) is 0 Å². The summed E-state index contributed by atoms with van der Waals surface area (Å²) in [6.07, 6.45) is 0. The van der Waals surface area contributed by atoms with E-state index in [2.05, 4.69) is 98.8 Å². The van der Waals surface area contributed by atoms with Crippen LogP contribution in [0.2, 0.25) is 0 Å². The second kappa shape index (κ2) is 6.44. The molecule has 0 amide bonds. The molecule has 3 rings (SSSR count). The smallest absolute Gasteiger partial charge is 0.00761 e. The van der Waals surface area contributed by atoms with E-state index in [1.54, 1.807) is 0 Å². The molecule has 0 saturated carbocycles. The molecule has 0 heteroatoms. The Morgan fingerprint density at radius 1 is 0.591 bits per heavy atom. The van der Waals surface area contributed by atoms with Crippen molar-refractivity contribution in [2.45, 2.75) is 13.8 Å². The molecule has 3 aromatic rings.